The van der Waals surface area contributed by atoms with Crippen LogP contribution in [0, 0.1) is 52.3 Å². The van der Waals surface area contributed by atoms with Gasteiger partial charge < -0.3 is 5.11 Å². The molecule has 0 spiro atoms. The SMILES string of the molecule is CC(C)CCCC(C)C1CCC2C3CC(=O)C4C[C@@H](O)CC[C@]4(C)C3CC[C@]12C. The van der Waals surface area contributed by atoms with Crippen molar-refractivity contribution in [3.05, 3.63) is 0 Å². The van der Waals surface area contributed by atoms with Gasteiger partial charge in [-0.3, -0.25) is 4.79 Å². The van der Waals surface area contributed by atoms with E-state index in [1.807, 2.05) is 0 Å². The summed E-state index contributed by atoms with van der Waals surface area (Å²) in [6, 6.07) is 0. The Kier molecular flexibility index (Phi) is 5.99. The molecule has 166 valence electrons. The van der Waals surface area contributed by atoms with Crippen molar-refractivity contribution in [2.24, 2.45) is 52.3 Å². The Labute approximate surface area is 179 Å². The van der Waals surface area contributed by atoms with Crippen LogP contribution in [0.1, 0.15) is 105 Å². The van der Waals surface area contributed by atoms with E-state index < -0.39 is 0 Å². The Hall–Kier alpha value is -0.370. The second kappa shape index (κ2) is 7.95. The molecule has 0 bridgehead atoms. The lowest BCUT2D eigenvalue weighted by Gasteiger charge is -2.60. The first-order valence-electron chi connectivity index (χ1n) is 12.9. The van der Waals surface area contributed by atoms with E-state index >= 15 is 0 Å². The number of carbonyl (C=O) groups excluding carboxylic acids is 1. The van der Waals surface area contributed by atoms with Crippen molar-refractivity contribution in [1.29, 1.82) is 0 Å². The number of aliphatic hydroxyl groups is 1. The third-order valence-corrected chi connectivity index (χ3v) is 10.6. The van der Waals surface area contributed by atoms with Gasteiger partial charge in [-0.2, -0.15) is 0 Å². The molecule has 4 saturated carbocycles. The molecule has 0 saturated heterocycles. The molecule has 4 aliphatic carbocycles. The first-order chi connectivity index (χ1) is 13.7. The maximum absolute atomic E-state index is 13.2. The molecule has 2 nitrogen and oxygen atoms in total. The Morgan fingerprint density at radius 3 is 2.38 bits per heavy atom. The fourth-order valence-electron chi connectivity index (χ4n) is 9.04. The normalized spacial score (nSPS) is 48.2. The van der Waals surface area contributed by atoms with E-state index in [4.69, 9.17) is 0 Å². The summed E-state index contributed by atoms with van der Waals surface area (Å²) in [4.78, 5) is 13.2. The van der Waals surface area contributed by atoms with Gasteiger partial charge in [0.05, 0.1) is 6.10 Å². The van der Waals surface area contributed by atoms with Gasteiger partial charge in [0, 0.05) is 12.3 Å². The number of rotatable bonds is 5. The van der Waals surface area contributed by atoms with Gasteiger partial charge in [-0.05, 0) is 91.3 Å². The molecule has 29 heavy (non-hydrogen) atoms. The zero-order chi connectivity index (χ0) is 21.0. The quantitative estimate of drug-likeness (QED) is 0.559. The second-order valence-electron chi connectivity index (χ2n) is 12.6. The lowest BCUT2D eigenvalue weighted by Crippen LogP contribution is -2.57. The lowest BCUT2D eigenvalue weighted by atomic mass is 9.44. The van der Waals surface area contributed by atoms with E-state index in [2.05, 4.69) is 34.6 Å². The minimum atomic E-state index is -0.245. The molecule has 0 amide bonds. The zero-order valence-corrected chi connectivity index (χ0v) is 19.8. The fraction of sp³-hybridized carbons (Fsp3) is 0.963. The standard InChI is InChI=1S/C27H46O2/c1-17(2)7-6-8-18(3)21-9-10-22-20-16-25(29)24-15-19(28)11-13-27(24,5)23(20)12-14-26(21,22)4/h17-24,28H,6-16H2,1-5H3/t18?,19-,20?,21?,22?,23?,24?,26+,27+/m0/s1. The van der Waals surface area contributed by atoms with Crippen molar-refractivity contribution >= 4 is 5.78 Å². The Morgan fingerprint density at radius 1 is 0.966 bits per heavy atom. The average Bonchev–Trinajstić information content (AvgIpc) is 3.00. The van der Waals surface area contributed by atoms with Gasteiger partial charge in [0.1, 0.15) is 5.78 Å². The summed E-state index contributed by atoms with van der Waals surface area (Å²) in [7, 11) is 0. The van der Waals surface area contributed by atoms with Crippen molar-refractivity contribution < 1.29 is 9.90 Å². The van der Waals surface area contributed by atoms with E-state index in [1.54, 1.807) is 0 Å². The molecule has 1 N–H and O–H groups in total. The fourth-order valence-corrected chi connectivity index (χ4v) is 9.04. The highest BCUT2D eigenvalue weighted by atomic mass is 16.3. The Balaban J connectivity index is 1.50. The molecule has 0 aromatic rings. The van der Waals surface area contributed by atoms with Crippen molar-refractivity contribution in [3.8, 4) is 0 Å². The summed E-state index contributed by atoms with van der Waals surface area (Å²) in [5.41, 5.74) is 0.609. The molecule has 6 unspecified atom stereocenters. The minimum absolute atomic E-state index is 0.129. The smallest absolute Gasteiger partial charge is 0.136 e. The summed E-state index contributed by atoms with van der Waals surface area (Å²) in [6.45, 7) is 12.2. The van der Waals surface area contributed by atoms with Crippen LogP contribution in [-0.2, 0) is 4.79 Å². The van der Waals surface area contributed by atoms with Crippen molar-refractivity contribution in [2.75, 3.05) is 0 Å². The van der Waals surface area contributed by atoms with Crippen LogP contribution < -0.4 is 0 Å². The Bertz CT molecular complexity index is 612. The first kappa shape index (κ1) is 21.8. The van der Waals surface area contributed by atoms with Gasteiger partial charge in [0.15, 0.2) is 0 Å². The van der Waals surface area contributed by atoms with E-state index in [9.17, 15) is 9.90 Å². The molecule has 4 rings (SSSR count). The summed E-state index contributed by atoms with van der Waals surface area (Å²) >= 11 is 0. The van der Waals surface area contributed by atoms with Crippen LogP contribution in [0.5, 0.6) is 0 Å². The lowest BCUT2D eigenvalue weighted by molar-refractivity contribution is -0.160. The number of hydrogen-bond donors (Lipinski definition) is 1. The predicted molar refractivity (Wildman–Crippen MR) is 119 cm³/mol. The van der Waals surface area contributed by atoms with Gasteiger partial charge in [-0.1, -0.05) is 53.9 Å². The van der Waals surface area contributed by atoms with E-state index in [-0.39, 0.29) is 17.4 Å². The molecule has 2 heteroatoms. The van der Waals surface area contributed by atoms with Gasteiger partial charge in [-0.15, -0.1) is 0 Å². The minimum Gasteiger partial charge on any atom is -0.393 e. The van der Waals surface area contributed by atoms with Gasteiger partial charge in [-0.25, -0.2) is 0 Å². The van der Waals surface area contributed by atoms with Crippen LogP contribution in [0.2, 0.25) is 0 Å². The number of Topliss-reactive ketones (excluding diaryl/α,β-unsaturated/α-hetero) is 1. The van der Waals surface area contributed by atoms with Crippen molar-refractivity contribution in [3.63, 3.8) is 0 Å². The molecule has 0 heterocycles. The molecule has 9 atom stereocenters. The molecule has 4 fully saturated rings. The molecular formula is C27H46O2. The van der Waals surface area contributed by atoms with Crippen LogP contribution in [0.3, 0.4) is 0 Å². The highest BCUT2D eigenvalue weighted by molar-refractivity contribution is 5.83. The van der Waals surface area contributed by atoms with Crippen molar-refractivity contribution in [2.45, 2.75) is 111 Å². The summed E-state index contributed by atoms with van der Waals surface area (Å²) in [6.07, 6.45) is 12.8. The largest absolute Gasteiger partial charge is 0.393 e. The van der Waals surface area contributed by atoms with E-state index in [1.165, 1.54) is 44.9 Å². The van der Waals surface area contributed by atoms with Gasteiger partial charge in [0.25, 0.3) is 0 Å². The first-order valence-corrected chi connectivity index (χ1v) is 12.9. The number of carbonyl (C=O) groups is 1. The second-order valence-corrected chi connectivity index (χ2v) is 12.6. The number of aliphatic hydroxyl groups excluding tert-OH is 1. The predicted octanol–water partition coefficient (Wildman–Crippen LogP) is 6.65. The van der Waals surface area contributed by atoms with Crippen LogP contribution in [0.4, 0.5) is 0 Å². The number of hydrogen-bond acceptors (Lipinski definition) is 2. The molecule has 4 aliphatic rings. The monoisotopic (exact) mass is 402 g/mol. The summed E-state index contributed by atoms with van der Waals surface area (Å²) < 4.78 is 0. The maximum Gasteiger partial charge on any atom is 0.136 e. The third-order valence-electron chi connectivity index (χ3n) is 10.6. The molecular weight excluding hydrogens is 356 g/mol. The van der Waals surface area contributed by atoms with Crippen LogP contribution in [-0.4, -0.2) is 17.0 Å². The Morgan fingerprint density at radius 2 is 1.66 bits per heavy atom. The van der Waals surface area contributed by atoms with E-state index in [0.29, 0.717) is 23.0 Å². The maximum atomic E-state index is 13.2. The number of fused-ring (bicyclic) bond motifs is 5. The van der Waals surface area contributed by atoms with Crippen molar-refractivity contribution in [1.82, 2.24) is 0 Å². The molecule has 0 aromatic heterocycles. The average molecular weight is 403 g/mol. The van der Waals surface area contributed by atoms with Crippen LogP contribution >= 0.6 is 0 Å². The van der Waals surface area contributed by atoms with Gasteiger partial charge in [0.2, 0.25) is 0 Å². The zero-order valence-electron chi connectivity index (χ0n) is 19.8. The molecule has 0 aliphatic heterocycles. The summed E-state index contributed by atoms with van der Waals surface area (Å²) in [5, 5.41) is 10.2. The third kappa shape index (κ3) is 3.64. The highest BCUT2D eigenvalue weighted by Crippen LogP contribution is 2.67. The van der Waals surface area contributed by atoms with Crippen LogP contribution in [0.15, 0.2) is 0 Å². The molecule has 0 aromatic carbocycles. The molecule has 0 radical (unpaired) electrons. The summed E-state index contributed by atoms with van der Waals surface area (Å²) in [5.74, 6) is 5.21. The highest BCUT2D eigenvalue weighted by Gasteiger charge is 2.62. The van der Waals surface area contributed by atoms with Crippen LogP contribution in [0.25, 0.3) is 0 Å². The number of ketones is 1. The van der Waals surface area contributed by atoms with Gasteiger partial charge >= 0.3 is 0 Å². The van der Waals surface area contributed by atoms with E-state index in [0.717, 1.165) is 49.4 Å². The topological polar surface area (TPSA) is 37.3 Å².